The van der Waals surface area contributed by atoms with Gasteiger partial charge in [-0.3, -0.25) is 4.79 Å². The summed E-state index contributed by atoms with van der Waals surface area (Å²) in [6, 6.07) is -0.552. The molecule has 0 unspecified atom stereocenters. The van der Waals surface area contributed by atoms with Gasteiger partial charge in [0.05, 0.1) is 6.61 Å². The highest BCUT2D eigenvalue weighted by Crippen LogP contribution is 2.29. The van der Waals surface area contributed by atoms with Crippen molar-refractivity contribution in [2.75, 3.05) is 26.8 Å². The lowest BCUT2D eigenvalue weighted by atomic mass is 9.98. The first kappa shape index (κ1) is 17.2. The Hall–Kier alpha value is -1.83. The van der Waals surface area contributed by atoms with Crippen LogP contribution in [-0.2, 0) is 14.3 Å². The van der Waals surface area contributed by atoms with E-state index < -0.39 is 17.5 Å². The minimum Gasteiger partial charge on any atom is -0.480 e. The largest absolute Gasteiger partial charge is 0.480 e. The molecule has 0 bridgehead atoms. The van der Waals surface area contributed by atoms with Crippen molar-refractivity contribution < 1.29 is 24.2 Å². The molecule has 1 aliphatic rings. The lowest BCUT2D eigenvalue weighted by Gasteiger charge is -2.25. The summed E-state index contributed by atoms with van der Waals surface area (Å²) < 4.78 is 4.79. The van der Waals surface area contributed by atoms with Crippen molar-refractivity contribution in [2.45, 2.75) is 37.6 Å². The molecule has 0 saturated heterocycles. The van der Waals surface area contributed by atoms with Gasteiger partial charge in [-0.1, -0.05) is 12.8 Å². The highest BCUT2D eigenvalue weighted by atomic mass is 16.5. The van der Waals surface area contributed by atoms with Gasteiger partial charge >= 0.3 is 12.0 Å². The molecule has 8 heteroatoms. The second-order valence-corrected chi connectivity index (χ2v) is 5.07. The number of aliphatic carboxylic acids is 1. The number of methoxy groups -OCH3 is 1. The van der Waals surface area contributed by atoms with Gasteiger partial charge < -0.3 is 25.8 Å². The van der Waals surface area contributed by atoms with Crippen molar-refractivity contribution in [3.8, 4) is 0 Å². The molecule has 1 aliphatic carbocycles. The average Bonchev–Trinajstić information content (AvgIpc) is 2.89. The fraction of sp³-hybridized carbons (Fsp3) is 0.769. The fourth-order valence-corrected chi connectivity index (χ4v) is 2.30. The maximum absolute atomic E-state index is 11.7. The molecule has 120 valence electrons. The molecule has 21 heavy (non-hydrogen) atoms. The van der Waals surface area contributed by atoms with Crippen molar-refractivity contribution in [1.29, 1.82) is 0 Å². The monoisotopic (exact) mass is 301 g/mol. The minimum atomic E-state index is -1.16. The molecule has 0 aromatic carbocycles. The van der Waals surface area contributed by atoms with Crippen LogP contribution in [-0.4, -0.2) is 55.4 Å². The highest BCUT2D eigenvalue weighted by molar-refractivity contribution is 5.86. The summed E-state index contributed by atoms with van der Waals surface area (Å²) in [5, 5.41) is 16.9. The number of carbonyl (C=O) groups is 3. The van der Waals surface area contributed by atoms with Crippen molar-refractivity contribution in [1.82, 2.24) is 16.0 Å². The molecule has 1 fully saturated rings. The summed E-state index contributed by atoms with van der Waals surface area (Å²) in [7, 11) is 1.54. The van der Waals surface area contributed by atoms with Crippen molar-refractivity contribution in [3.05, 3.63) is 0 Å². The molecule has 0 radical (unpaired) electrons. The molecule has 1 rings (SSSR count). The third kappa shape index (κ3) is 5.58. The molecule has 0 spiro atoms. The maximum atomic E-state index is 11.7. The Morgan fingerprint density at radius 1 is 1.14 bits per heavy atom. The van der Waals surface area contributed by atoms with Gasteiger partial charge in [0.1, 0.15) is 5.54 Å². The van der Waals surface area contributed by atoms with E-state index in [0.717, 1.165) is 12.8 Å². The summed E-state index contributed by atoms with van der Waals surface area (Å²) in [6.07, 6.45) is 2.58. The Labute approximate surface area is 123 Å². The Balaban J connectivity index is 2.24. The predicted molar refractivity (Wildman–Crippen MR) is 74.9 cm³/mol. The zero-order valence-corrected chi connectivity index (χ0v) is 12.2. The average molecular weight is 301 g/mol. The lowest BCUT2D eigenvalue weighted by Crippen LogP contribution is -2.55. The van der Waals surface area contributed by atoms with E-state index in [-0.39, 0.29) is 18.9 Å². The van der Waals surface area contributed by atoms with Gasteiger partial charge in [-0.15, -0.1) is 0 Å². The van der Waals surface area contributed by atoms with Gasteiger partial charge in [0.15, 0.2) is 0 Å². The standard InChI is InChI=1S/C13H23N3O5/c1-21-9-8-14-10(17)4-7-15-12(20)16-13(11(18)19)5-2-3-6-13/h2-9H2,1H3,(H,14,17)(H,18,19)(H2,15,16,20). The molecule has 1 saturated carbocycles. The normalized spacial score (nSPS) is 16.2. The van der Waals surface area contributed by atoms with Crippen molar-refractivity contribution in [3.63, 3.8) is 0 Å². The van der Waals surface area contributed by atoms with Crippen molar-refractivity contribution >= 4 is 17.9 Å². The molecule has 0 aromatic rings. The van der Waals surface area contributed by atoms with Crippen LogP contribution in [0.1, 0.15) is 32.1 Å². The van der Waals surface area contributed by atoms with E-state index in [1.165, 1.54) is 0 Å². The number of hydrogen-bond acceptors (Lipinski definition) is 4. The van der Waals surface area contributed by atoms with Crippen LogP contribution in [0.4, 0.5) is 4.79 Å². The molecule has 0 aliphatic heterocycles. The predicted octanol–water partition coefficient (Wildman–Crippen LogP) is -0.164. The molecular formula is C13H23N3O5. The van der Waals surface area contributed by atoms with Crippen molar-refractivity contribution in [2.24, 2.45) is 0 Å². The Bertz CT molecular complexity index is 380. The van der Waals surface area contributed by atoms with E-state index in [4.69, 9.17) is 4.74 Å². The topological polar surface area (TPSA) is 117 Å². The molecule has 0 atom stereocenters. The minimum absolute atomic E-state index is 0.136. The van der Waals surface area contributed by atoms with E-state index in [1.807, 2.05) is 0 Å². The summed E-state index contributed by atoms with van der Waals surface area (Å²) in [4.78, 5) is 34.4. The van der Waals surface area contributed by atoms with Gasteiger partial charge in [0.25, 0.3) is 0 Å². The quantitative estimate of drug-likeness (QED) is 0.465. The van der Waals surface area contributed by atoms with Crippen LogP contribution in [0.2, 0.25) is 0 Å². The molecule has 4 N–H and O–H groups in total. The van der Waals surface area contributed by atoms with Gasteiger partial charge in [0, 0.05) is 26.6 Å². The van der Waals surface area contributed by atoms with Crippen LogP contribution in [0.5, 0.6) is 0 Å². The van der Waals surface area contributed by atoms with E-state index in [2.05, 4.69) is 16.0 Å². The number of amides is 3. The number of carboxylic acid groups (broad SMARTS) is 1. The van der Waals surface area contributed by atoms with Crippen LogP contribution in [0.25, 0.3) is 0 Å². The smallest absolute Gasteiger partial charge is 0.329 e. The first-order valence-corrected chi connectivity index (χ1v) is 7.05. The van der Waals surface area contributed by atoms with Crippen LogP contribution in [0.15, 0.2) is 0 Å². The number of carboxylic acids is 1. The molecular weight excluding hydrogens is 278 g/mol. The number of urea groups is 1. The number of rotatable bonds is 8. The number of hydrogen-bond donors (Lipinski definition) is 4. The van der Waals surface area contributed by atoms with E-state index in [1.54, 1.807) is 7.11 Å². The number of ether oxygens (including phenoxy) is 1. The molecule has 0 heterocycles. The molecule has 3 amide bonds. The first-order chi connectivity index (χ1) is 10.00. The lowest BCUT2D eigenvalue weighted by molar-refractivity contribution is -0.144. The SMILES string of the molecule is COCCNC(=O)CCNC(=O)NC1(C(=O)O)CCCC1. The van der Waals surface area contributed by atoms with Gasteiger partial charge in [0.2, 0.25) is 5.91 Å². The van der Waals surface area contributed by atoms with Crippen LogP contribution >= 0.6 is 0 Å². The second-order valence-electron chi connectivity index (χ2n) is 5.07. The van der Waals surface area contributed by atoms with Crippen LogP contribution in [0.3, 0.4) is 0 Å². The summed E-state index contributed by atoms with van der Waals surface area (Å²) in [5.74, 6) is -1.20. The zero-order chi connectivity index (χ0) is 15.7. The summed E-state index contributed by atoms with van der Waals surface area (Å²) in [6.45, 7) is 1.00. The van der Waals surface area contributed by atoms with E-state index in [0.29, 0.717) is 26.0 Å². The number of carbonyl (C=O) groups excluding carboxylic acids is 2. The zero-order valence-electron chi connectivity index (χ0n) is 12.2. The fourth-order valence-electron chi connectivity index (χ4n) is 2.30. The second kappa shape index (κ2) is 8.46. The third-order valence-electron chi connectivity index (χ3n) is 3.49. The van der Waals surface area contributed by atoms with Gasteiger partial charge in [-0.25, -0.2) is 9.59 Å². The molecule has 0 aromatic heterocycles. The van der Waals surface area contributed by atoms with Gasteiger partial charge in [-0.05, 0) is 12.8 Å². The third-order valence-corrected chi connectivity index (χ3v) is 3.49. The summed E-state index contributed by atoms with van der Waals surface area (Å²) in [5.41, 5.74) is -1.16. The molecule has 8 nitrogen and oxygen atoms in total. The Kier molecular flexibility index (Phi) is 6.93. The van der Waals surface area contributed by atoms with Crippen LogP contribution in [0, 0.1) is 0 Å². The first-order valence-electron chi connectivity index (χ1n) is 7.05. The highest BCUT2D eigenvalue weighted by Gasteiger charge is 2.42. The Morgan fingerprint density at radius 2 is 1.81 bits per heavy atom. The van der Waals surface area contributed by atoms with E-state index in [9.17, 15) is 19.5 Å². The van der Waals surface area contributed by atoms with E-state index >= 15 is 0 Å². The van der Waals surface area contributed by atoms with Crippen LogP contribution < -0.4 is 16.0 Å². The van der Waals surface area contributed by atoms with Gasteiger partial charge in [-0.2, -0.15) is 0 Å². The number of nitrogens with one attached hydrogen (secondary N) is 3. The Morgan fingerprint density at radius 3 is 2.38 bits per heavy atom. The maximum Gasteiger partial charge on any atom is 0.329 e. The summed E-state index contributed by atoms with van der Waals surface area (Å²) >= 11 is 0.